The van der Waals surface area contributed by atoms with E-state index in [2.05, 4.69) is 9.84 Å². The van der Waals surface area contributed by atoms with Crippen LogP contribution < -0.4 is 11.1 Å². The third-order valence-electron chi connectivity index (χ3n) is 1.08. The smallest absolute Gasteiger partial charge is 0.318 e. The molecule has 0 amide bonds. The highest BCUT2D eigenvalue weighted by Crippen LogP contribution is 2.42. The molecule has 1 unspecified atom stereocenters. The van der Waals surface area contributed by atoms with E-state index in [4.69, 9.17) is 15.2 Å². The van der Waals surface area contributed by atoms with E-state index in [9.17, 15) is 4.57 Å². The van der Waals surface area contributed by atoms with Gasteiger partial charge in [-0.1, -0.05) is 0 Å². The molecule has 0 fully saturated rings. The number of hydrogen-bond acceptors (Lipinski definition) is 5. The molecule has 0 rings (SSSR count). The first kappa shape index (κ1) is 14.0. The lowest BCUT2D eigenvalue weighted by atomic mass is 10.7. The summed E-state index contributed by atoms with van der Waals surface area (Å²) in [5.41, 5.74) is 5.09. The second-order valence-corrected chi connectivity index (χ2v) is 5.20. The Balaban J connectivity index is 3.78. The van der Waals surface area contributed by atoms with Crippen LogP contribution in [0.5, 0.6) is 0 Å². The monoisotopic (exact) mass is 228 g/mol. The van der Waals surface area contributed by atoms with E-state index in [0.717, 1.165) is 0 Å². The van der Waals surface area contributed by atoms with Crippen molar-refractivity contribution in [2.45, 2.75) is 0 Å². The van der Waals surface area contributed by atoms with Gasteiger partial charge in [0, 0.05) is 6.67 Å². The number of phosphoric ester groups is 1. The largest absolute Gasteiger partial charge is 0.477 e. The van der Waals surface area contributed by atoms with Crippen molar-refractivity contribution in [3.63, 3.8) is 0 Å². The lowest BCUT2D eigenvalue weighted by Crippen LogP contribution is -2.36. The number of nitrogens with zero attached hydrogens (tertiary/aromatic N) is 1. The summed E-state index contributed by atoms with van der Waals surface area (Å²) < 4.78 is 20.8. The number of hydrogen-bond donors (Lipinski definition) is 3. The molecular weight excluding hydrogens is 209 g/mol. The number of rotatable bonds is 7. The highest BCUT2D eigenvalue weighted by atomic mass is 31.2. The van der Waals surface area contributed by atoms with Gasteiger partial charge >= 0.3 is 7.82 Å². The van der Waals surface area contributed by atoms with Crippen LogP contribution in [0.1, 0.15) is 0 Å². The molecule has 0 heterocycles. The Morgan fingerprint density at radius 2 is 2.00 bits per heavy atom. The molecule has 8 heteroatoms. The van der Waals surface area contributed by atoms with Crippen LogP contribution in [-0.4, -0.2) is 50.6 Å². The Morgan fingerprint density at radius 1 is 1.43 bits per heavy atom. The quantitative estimate of drug-likeness (QED) is 0.230. The van der Waals surface area contributed by atoms with Crippen LogP contribution in [0, 0.1) is 0 Å². The summed E-state index contributed by atoms with van der Waals surface area (Å²) in [4.78, 5) is 9.12. The second kappa shape index (κ2) is 5.77. The van der Waals surface area contributed by atoms with Gasteiger partial charge in [0.2, 0.25) is 0 Å². The van der Waals surface area contributed by atoms with Crippen LogP contribution in [-0.2, 0) is 13.6 Å². The molecule has 0 radical (unpaired) electrons. The van der Waals surface area contributed by atoms with Crippen LogP contribution in [0.25, 0.3) is 0 Å². The van der Waals surface area contributed by atoms with Crippen LogP contribution in [0.15, 0.2) is 0 Å². The van der Waals surface area contributed by atoms with E-state index in [1.54, 1.807) is 0 Å². The Labute approximate surface area is 84.0 Å². The fraction of sp³-hybridized carbons (Fsp3) is 1.00. The summed E-state index contributed by atoms with van der Waals surface area (Å²) in [6, 6.07) is 0. The van der Waals surface area contributed by atoms with E-state index in [0.29, 0.717) is 4.48 Å². The molecule has 0 saturated carbocycles. The van der Waals surface area contributed by atoms with Gasteiger partial charge in [-0.3, -0.25) is 9.84 Å². The first-order valence-corrected chi connectivity index (χ1v) is 5.59. The Bertz CT molecular complexity index is 206. The molecule has 0 spiro atoms. The van der Waals surface area contributed by atoms with Crippen molar-refractivity contribution in [3.8, 4) is 0 Å². The molecule has 0 aromatic heterocycles. The van der Waals surface area contributed by atoms with Crippen molar-refractivity contribution in [2.75, 3.05) is 41.3 Å². The maximum atomic E-state index is 11.2. The second-order valence-electron chi connectivity index (χ2n) is 3.74. The molecule has 0 aliphatic carbocycles. The van der Waals surface area contributed by atoms with Crippen LogP contribution >= 0.6 is 7.82 Å². The summed E-state index contributed by atoms with van der Waals surface area (Å²) in [6.07, 6.45) is 0. The third-order valence-corrected chi connectivity index (χ3v) is 1.98. The Kier molecular flexibility index (Phi) is 5.77. The van der Waals surface area contributed by atoms with Crippen molar-refractivity contribution in [1.82, 2.24) is 5.32 Å². The van der Waals surface area contributed by atoms with Gasteiger partial charge < -0.3 is 15.1 Å². The summed E-state index contributed by atoms with van der Waals surface area (Å²) in [5, 5.41) is 2.54. The summed E-state index contributed by atoms with van der Waals surface area (Å²) >= 11 is 0. The maximum Gasteiger partial charge on any atom is 0.477 e. The first-order valence-electron chi connectivity index (χ1n) is 4.10. The van der Waals surface area contributed by atoms with Crippen molar-refractivity contribution in [1.29, 1.82) is 0 Å². The highest BCUT2D eigenvalue weighted by molar-refractivity contribution is 7.47. The van der Waals surface area contributed by atoms with Crippen molar-refractivity contribution in [3.05, 3.63) is 0 Å². The van der Waals surface area contributed by atoms with Crippen molar-refractivity contribution in [2.24, 2.45) is 5.73 Å². The summed E-state index contributed by atoms with van der Waals surface area (Å²) in [6.45, 7) is 0.160. The van der Waals surface area contributed by atoms with Crippen molar-refractivity contribution >= 4 is 7.82 Å². The van der Waals surface area contributed by atoms with Gasteiger partial charge in [-0.15, -0.1) is 0 Å². The average Bonchev–Trinajstić information content (AvgIpc) is 2.00. The van der Waals surface area contributed by atoms with E-state index < -0.39 is 7.82 Å². The molecule has 0 aliphatic rings. The van der Waals surface area contributed by atoms with Crippen LogP contribution in [0.3, 0.4) is 0 Å². The molecular formula is C6H19N3O4P+. The van der Waals surface area contributed by atoms with Gasteiger partial charge in [-0.05, 0) is 0 Å². The molecule has 4 N–H and O–H groups in total. The molecule has 0 aliphatic heterocycles. The highest BCUT2D eigenvalue weighted by Gasteiger charge is 2.24. The van der Waals surface area contributed by atoms with E-state index in [1.807, 2.05) is 21.1 Å². The third kappa shape index (κ3) is 8.58. The van der Waals surface area contributed by atoms with Gasteiger partial charge in [0.25, 0.3) is 0 Å². The van der Waals surface area contributed by atoms with Crippen LogP contribution in [0.2, 0.25) is 0 Å². The van der Waals surface area contributed by atoms with E-state index >= 15 is 0 Å². The van der Waals surface area contributed by atoms with E-state index in [-0.39, 0.29) is 20.1 Å². The predicted molar refractivity (Wildman–Crippen MR) is 52.0 cm³/mol. The zero-order valence-electron chi connectivity index (χ0n) is 8.77. The Hall–Kier alpha value is -0.0100. The fourth-order valence-corrected chi connectivity index (χ4v) is 1.29. The Morgan fingerprint density at radius 3 is 2.43 bits per heavy atom. The molecule has 7 nitrogen and oxygen atoms in total. The minimum absolute atomic E-state index is 0.0937. The van der Waals surface area contributed by atoms with Gasteiger partial charge in [0.05, 0.1) is 21.1 Å². The standard InChI is InChI=1S/C6H18N3O4P/c1-9(2,3)6-13-14(10,11)12-5-8-4-7/h8H,4-7H2,1-3H3/p+1. The SMILES string of the molecule is C[N+](C)(C)COP(=O)(O)OCNCN. The molecule has 14 heavy (non-hydrogen) atoms. The minimum Gasteiger partial charge on any atom is -0.318 e. The minimum atomic E-state index is -3.95. The van der Waals surface area contributed by atoms with Gasteiger partial charge in [0.15, 0.2) is 6.73 Å². The van der Waals surface area contributed by atoms with Gasteiger partial charge in [-0.2, -0.15) is 0 Å². The molecule has 0 saturated heterocycles. The number of phosphoric acid groups is 1. The molecule has 0 bridgehead atoms. The zero-order valence-corrected chi connectivity index (χ0v) is 9.66. The number of nitrogens with one attached hydrogen (secondary N) is 1. The van der Waals surface area contributed by atoms with Gasteiger partial charge in [-0.25, -0.2) is 9.09 Å². The fourth-order valence-electron chi connectivity index (χ4n) is 0.470. The molecule has 0 aromatic carbocycles. The van der Waals surface area contributed by atoms with Crippen molar-refractivity contribution < 1.29 is 23.0 Å². The lowest BCUT2D eigenvalue weighted by Gasteiger charge is -2.24. The first-order chi connectivity index (χ1) is 6.27. The zero-order chi connectivity index (χ0) is 11.2. The normalized spacial score (nSPS) is 16.6. The van der Waals surface area contributed by atoms with Crippen LogP contribution in [0.4, 0.5) is 0 Å². The maximum absolute atomic E-state index is 11.2. The number of quaternary nitrogens is 1. The number of nitrogens with two attached hydrogens (primary N) is 1. The summed E-state index contributed by atoms with van der Waals surface area (Å²) in [7, 11) is 1.54. The topological polar surface area (TPSA) is 93.8 Å². The molecule has 1 atom stereocenters. The average molecular weight is 228 g/mol. The molecule has 86 valence electrons. The van der Waals surface area contributed by atoms with E-state index in [1.165, 1.54) is 0 Å². The van der Waals surface area contributed by atoms with Gasteiger partial charge in [0.1, 0.15) is 6.73 Å². The lowest BCUT2D eigenvalue weighted by molar-refractivity contribution is -0.887. The summed E-state index contributed by atoms with van der Waals surface area (Å²) in [5.74, 6) is 0. The predicted octanol–water partition coefficient (Wildman–Crippen LogP) is -0.753. The molecule has 0 aromatic rings.